The first kappa shape index (κ1) is 23.7. The molecule has 7 rings (SSSR count). The summed E-state index contributed by atoms with van der Waals surface area (Å²) >= 11 is -0.678. The van der Waals surface area contributed by atoms with Gasteiger partial charge in [-0.1, -0.05) is 23.3 Å². The summed E-state index contributed by atoms with van der Waals surface area (Å²) in [6.45, 7) is 2.15. The molecule has 0 spiro atoms. The van der Waals surface area contributed by atoms with Crippen LogP contribution in [0.2, 0.25) is 0 Å². The van der Waals surface area contributed by atoms with Crippen LogP contribution in [0.25, 0.3) is 22.2 Å². The minimum atomic E-state index is -0.678. The van der Waals surface area contributed by atoms with Crippen LogP contribution in [0, 0.1) is 5.82 Å². The van der Waals surface area contributed by atoms with E-state index in [0.29, 0.717) is 41.1 Å². The third-order valence-corrected chi connectivity index (χ3v) is 10.1. The van der Waals surface area contributed by atoms with E-state index in [4.69, 9.17) is 15.2 Å². The molecule has 3 saturated heterocycles. The summed E-state index contributed by atoms with van der Waals surface area (Å²) in [6.07, 6.45) is 9.80. The van der Waals surface area contributed by atoms with E-state index in [2.05, 4.69) is 19.4 Å². The van der Waals surface area contributed by atoms with Crippen molar-refractivity contribution < 1.29 is 18.4 Å². The van der Waals surface area contributed by atoms with E-state index in [1.54, 1.807) is 12.1 Å². The number of hydrogen-bond donors (Lipinski definition) is 1. The summed E-state index contributed by atoms with van der Waals surface area (Å²) in [5.41, 5.74) is 7.90. The molecule has 2 N–H and O–H groups in total. The number of rotatable bonds is 6. The van der Waals surface area contributed by atoms with Crippen LogP contribution in [0.5, 0.6) is 5.75 Å². The minimum absolute atomic E-state index is 0.230. The molecule has 0 unspecified atom stereocenters. The molecular weight excluding hydrogens is 493 g/mol. The average Bonchev–Trinajstić information content (AvgIpc) is 3.58. The molecule has 3 aliphatic heterocycles. The highest BCUT2D eigenvalue weighted by atomic mass is 32.2. The molecule has 4 fully saturated rings. The second-order valence-corrected chi connectivity index (χ2v) is 12.7. The Kier molecular flexibility index (Phi) is 5.84. The summed E-state index contributed by atoms with van der Waals surface area (Å²) in [4.78, 5) is 11.2. The summed E-state index contributed by atoms with van der Waals surface area (Å²) in [6, 6.07) is 5.99. The van der Waals surface area contributed by atoms with Crippen LogP contribution >= 0.6 is 0 Å². The molecule has 8 nitrogen and oxygen atoms in total. The maximum Gasteiger partial charge on any atom is 0.172 e. The van der Waals surface area contributed by atoms with E-state index in [9.17, 15) is 4.55 Å². The van der Waals surface area contributed by atoms with E-state index < -0.39 is 17.0 Å². The monoisotopic (exact) mass is 525 g/mol. The Morgan fingerprint density at radius 3 is 2.65 bits per heavy atom. The zero-order chi connectivity index (χ0) is 25.1. The molecule has 0 radical (unpaired) electrons. The summed E-state index contributed by atoms with van der Waals surface area (Å²) in [5, 5.41) is 0.673. The van der Waals surface area contributed by atoms with E-state index >= 15 is 4.39 Å². The predicted octanol–water partition coefficient (Wildman–Crippen LogP) is 3.68. The summed E-state index contributed by atoms with van der Waals surface area (Å²) in [7, 11) is 0. The molecule has 1 aliphatic carbocycles. The normalized spacial score (nSPS) is 30.2. The number of anilines is 1. The van der Waals surface area contributed by atoms with Gasteiger partial charge in [0.25, 0.3) is 0 Å². The Balaban J connectivity index is 1.16. The van der Waals surface area contributed by atoms with E-state index in [1.807, 2.05) is 12.3 Å². The molecule has 5 heterocycles. The Labute approximate surface area is 218 Å². The molecule has 37 heavy (non-hydrogen) atoms. The first-order chi connectivity index (χ1) is 18.0. The second kappa shape index (κ2) is 9.11. The average molecular weight is 526 g/mol. The van der Waals surface area contributed by atoms with E-state index in [-0.39, 0.29) is 17.4 Å². The molecule has 0 atom stereocenters. The topological polar surface area (TPSA) is 101 Å². The van der Waals surface area contributed by atoms with Crippen LogP contribution in [-0.2, 0) is 15.9 Å². The predicted molar refractivity (Wildman–Crippen MR) is 140 cm³/mol. The summed E-state index contributed by atoms with van der Waals surface area (Å²) < 4.78 is 41.9. The van der Waals surface area contributed by atoms with Crippen molar-refractivity contribution in [1.29, 1.82) is 0 Å². The summed E-state index contributed by atoms with van der Waals surface area (Å²) in [5.74, 6) is 1.68. The largest absolute Gasteiger partial charge is 0.616 e. The van der Waals surface area contributed by atoms with Gasteiger partial charge >= 0.3 is 0 Å². The number of fused-ring (bicyclic) bond motifs is 3. The molecule has 4 aliphatic rings. The van der Waals surface area contributed by atoms with Gasteiger partial charge in [0.2, 0.25) is 0 Å². The molecule has 10 heteroatoms. The quantitative estimate of drug-likeness (QED) is 0.490. The molecule has 1 saturated carbocycles. The van der Waals surface area contributed by atoms with Crippen molar-refractivity contribution in [3.05, 3.63) is 36.5 Å². The van der Waals surface area contributed by atoms with Crippen molar-refractivity contribution in [2.75, 3.05) is 36.9 Å². The SMILES string of the molecule is Nc1ncnc2c1c(-c1cccc(OCC34CCC(CC3)O4)c1F)cn2[C@H]1C[C@@H](N2CC[S+]([O-])CC2)C1. The van der Waals surface area contributed by atoms with Crippen LogP contribution in [0.1, 0.15) is 44.6 Å². The van der Waals surface area contributed by atoms with Crippen LogP contribution in [0.4, 0.5) is 10.2 Å². The lowest BCUT2D eigenvalue weighted by Gasteiger charge is -2.44. The van der Waals surface area contributed by atoms with Crippen molar-refractivity contribution in [1.82, 2.24) is 19.4 Å². The lowest BCUT2D eigenvalue weighted by atomic mass is 9.85. The lowest BCUT2D eigenvalue weighted by molar-refractivity contribution is -0.0206. The molecule has 3 aromatic rings. The van der Waals surface area contributed by atoms with Gasteiger partial charge in [0.1, 0.15) is 41.5 Å². The number of halogens is 1. The highest BCUT2D eigenvalue weighted by molar-refractivity contribution is 7.91. The van der Waals surface area contributed by atoms with Crippen molar-refractivity contribution in [3.8, 4) is 16.9 Å². The number of aromatic nitrogens is 3. The van der Waals surface area contributed by atoms with Gasteiger partial charge in [-0.2, -0.15) is 0 Å². The van der Waals surface area contributed by atoms with E-state index in [0.717, 1.165) is 68.8 Å². The van der Waals surface area contributed by atoms with Gasteiger partial charge in [-0.3, -0.25) is 4.90 Å². The molecule has 2 bridgehead atoms. The van der Waals surface area contributed by atoms with Gasteiger partial charge in [-0.15, -0.1) is 0 Å². The van der Waals surface area contributed by atoms with Crippen molar-refractivity contribution in [2.24, 2.45) is 0 Å². The standard InChI is InChI=1S/C27H32FN5O3S/c28-24-20(2-1-3-22(24)35-15-27-6-4-19(36-27)5-7-27)21-14-33(26-23(21)25(29)30-16-31-26)18-12-17(13-18)32-8-10-37(34)11-9-32/h1-3,14,16-19H,4-13,15H2,(H2,29,30,31)/t17-,18+,19?,27?. The zero-order valence-electron chi connectivity index (χ0n) is 20.8. The number of hydrogen-bond acceptors (Lipinski definition) is 7. The van der Waals surface area contributed by atoms with Crippen molar-refractivity contribution in [2.45, 2.75) is 62.3 Å². The first-order valence-electron chi connectivity index (χ1n) is 13.3. The smallest absolute Gasteiger partial charge is 0.172 e. The van der Waals surface area contributed by atoms with Gasteiger partial charge in [0.05, 0.1) is 11.5 Å². The Hall–Kier alpha value is -2.40. The molecule has 0 amide bonds. The fraction of sp³-hybridized carbons (Fsp3) is 0.556. The van der Waals surface area contributed by atoms with Crippen LogP contribution in [0.3, 0.4) is 0 Å². The highest BCUT2D eigenvalue weighted by Crippen LogP contribution is 2.45. The maximum absolute atomic E-state index is 15.9. The number of benzene rings is 1. The molecule has 1 aromatic carbocycles. The molecule has 2 aromatic heterocycles. The van der Waals surface area contributed by atoms with Gasteiger partial charge in [0.15, 0.2) is 11.6 Å². The molecular formula is C27H32FN5O3S. The number of nitrogens with zero attached hydrogens (tertiary/aromatic N) is 4. The van der Waals surface area contributed by atoms with Crippen LogP contribution in [-0.4, -0.2) is 72.9 Å². The first-order valence-corrected chi connectivity index (χ1v) is 14.8. The van der Waals surface area contributed by atoms with Crippen LogP contribution in [0.15, 0.2) is 30.7 Å². The lowest BCUT2D eigenvalue weighted by Crippen LogP contribution is -2.51. The van der Waals surface area contributed by atoms with Gasteiger partial charge in [0, 0.05) is 42.5 Å². The third-order valence-electron chi connectivity index (χ3n) is 8.85. The zero-order valence-corrected chi connectivity index (χ0v) is 21.6. The van der Waals surface area contributed by atoms with Gasteiger partial charge in [-0.25, -0.2) is 14.4 Å². The number of nitrogens with two attached hydrogens (primary N) is 1. The number of nitrogen functional groups attached to an aromatic ring is 1. The highest BCUT2D eigenvalue weighted by Gasteiger charge is 2.47. The van der Waals surface area contributed by atoms with E-state index in [1.165, 1.54) is 6.33 Å². The van der Waals surface area contributed by atoms with Gasteiger partial charge in [-0.05, 0) is 44.6 Å². The fourth-order valence-electron chi connectivity index (χ4n) is 6.62. The minimum Gasteiger partial charge on any atom is -0.616 e. The van der Waals surface area contributed by atoms with Crippen molar-refractivity contribution in [3.63, 3.8) is 0 Å². The fourth-order valence-corrected chi connectivity index (χ4v) is 7.70. The second-order valence-electron chi connectivity index (χ2n) is 11.0. The Bertz CT molecular complexity index is 1310. The third kappa shape index (κ3) is 4.09. The Morgan fingerprint density at radius 1 is 1.14 bits per heavy atom. The van der Waals surface area contributed by atoms with Gasteiger partial charge < -0.3 is 24.3 Å². The molecule has 196 valence electrons. The Morgan fingerprint density at radius 2 is 1.92 bits per heavy atom. The maximum atomic E-state index is 15.9. The number of ether oxygens (including phenoxy) is 2. The van der Waals surface area contributed by atoms with Crippen molar-refractivity contribution >= 4 is 28.0 Å². The van der Waals surface area contributed by atoms with Crippen LogP contribution < -0.4 is 10.5 Å².